The van der Waals surface area contributed by atoms with Gasteiger partial charge in [0.25, 0.3) is 0 Å². The minimum atomic E-state index is 0.678. The van der Waals surface area contributed by atoms with Gasteiger partial charge in [-0.1, -0.05) is 35.8 Å². The number of aromatic nitrogens is 1. The summed E-state index contributed by atoms with van der Waals surface area (Å²) in [5.41, 5.74) is 1.30. The molecule has 0 N–H and O–H groups in total. The standard InChI is InChI=1S/C13H21BrN2/c1-3-13(4-2)16(9-7-14)11-12-6-5-8-15-10-12/h5-6,8,10,13H,3-4,7,9,11H2,1-2H3. The third kappa shape index (κ3) is 4.22. The van der Waals surface area contributed by atoms with E-state index in [0.29, 0.717) is 6.04 Å². The average Bonchev–Trinajstić information content (AvgIpc) is 2.32. The lowest BCUT2D eigenvalue weighted by molar-refractivity contribution is 0.189. The molecular weight excluding hydrogens is 264 g/mol. The highest BCUT2D eigenvalue weighted by Crippen LogP contribution is 2.13. The van der Waals surface area contributed by atoms with Gasteiger partial charge in [-0.05, 0) is 24.5 Å². The molecule has 0 radical (unpaired) electrons. The number of nitrogens with zero attached hydrogens (tertiary/aromatic N) is 2. The van der Waals surface area contributed by atoms with Crippen LogP contribution >= 0.6 is 15.9 Å². The predicted octanol–water partition coefficient (Wildman–Crippen LogP) is 3.47. The predicted molar refractivity (Wildman–Crippen MR) is 72.8 cm³/mol. The lowest BCUT2D eigenvalue weighted by Gasteiger charge is -2.29. The fourth-order valence-electron chi connectivity index (χ4n) is 2.03. The maximum atomic E-state index is 4.17. The zero-order chi connectivity index (χ0) is 11.8. The quantitative estimate of drug-likeness (QED) is 0.713. The number of halogens is 1. The largest absolute Gasteiger partial charge is 0.295 e. The Morgan fingerprint density at radius 2 is 2.12 bits per heavy atom. The second kappa shape index (κ2) is 7.80. The summed E-state index contributed by atoms with van der Waals surface area (Å²) in [7, 11) is 0. The van der Waals surface area contributed by atoms with Gasteiger partial charge in [-0.15, -0.1) is 0 Å². The second-order valence-corrected chi connectivity index (χ2v) is 4.78. The fraction of sp³-hybridized carbons (Fsp3) is 0.615. The Labute approximate surface area is 107 Å². The van der Waals surface area contributed by atoms with Gasteiger partial charge in [0.15, 0.2) is 0 Å². The molecule has 0 unspecified atom stereocenters. The normalized spacial score (nSPS) is 11.3. The monoisotopic (exact) mass is 284 g/mol. The smallest absolute Gasteiger partial charge is 0.0312 e. The van der Waals surface area contributed by atoms with E-state index in [4.69, 9.17) is 0 Å². The molecule has 3 heteroatoms. The maximum Gasteiger partial charge on any atom is 0.0312 e. The molecule has 0 saturated carbocycles. The van der Waals surface area contributed by atoms with E-state index in [1.807, 2.05) is 18.5 Å². The van der Waals surface area contributed by atoms with Crippen molar-refractivity contribution in [3.05, 3.63) is 30.1 Å². The topological polar surface area (TPSA) is 16.1 Å². The molecular formula is C13H21BrN2. The highest BCUT2D eigenvalue weighted by atomic mass is 79.9. The Kier molecular flexibility index (Phi) is 6.65. The Balaban J connectivity index is 2.63. The van der Waals surface area contributed by atoms with Gasteiger partial charge in [0.05, 0.1) is 0 Å². The molecule has 0 fully saturated rings. The molecule has 90 valence electrons. The van der Waals surface area contributed by atoms with Crippen LogP contribution in [0.2, 0.25) is 0 Å². The Morgan fingerprint density at radius 3 is 2.62 bits per heavy atom. The summed E-state index contributed by atoms with van der Waals surface area (Å²) in [5.74, 6) is 0. The van der Waals surface area contributed by atoms with Crippen LogP contribution in [-0.4, -0.2) is 27.8 Å². The zero-order valence-corrected chi connectivity index (χ0v) is 11.8. The van der Waals surface area contributed by atoms with E-state index in [0.717, 1.165) is 18.4 Å². The van der Waals surface area contributed by atoms with Crippen LogP contribution in [0.25, 0.3) is 0 Å². The molecule has 2 nitrogen and oxygen atoms in total. The van der Waals surface area contributed by atoms with Gasteiger partial charge in [0.1, 0.15) is 0 Å². The van der Waals surface area contributed by atoms with Gasteiger partial charge in [0.2, 0.25) is 0 Å². The summed E-state index contributed by atoms with van der Waals surface area (Å²) in [5, 5.41) is 1.03. The first-order valence-corrected chi connectivity index (χ1v) is 7.12. The zero-order valence-electron chi connectivity index (χ0n) is 10.2. The molecule has 0 aliphatic rings. The number of pyridine rings is 1. The molecule has 0 bridgehead atoms. The summed E-state index contributed by atoms with van der Waals surface area (Å²) in [6, 6.07) is 4.84. The van der Waals surface area contributed by atoms with E-state index in [2.05, 4.69) is 45.7 Å². The summed E-state index contributed by atoms with van der Waals surface area (Å²) in [6.45, 7) is 6.63. The minimum absolute atomic E-state index is 0.678. The van der Waals surface area contributed by atoms with Gasteiger partial charge in [0, 0.05) is 36.9 Å². The van der Waals surface area contributed by atoms with Crippen LogP contribution in [0.1, 0.15) is 32.3 Å². The molecule has 0 atom stereocenters. The van der Waals surface area contributed by atoms with E-state index >= 15 is 0 Å². The fourth-order valence-corrected chi connectivity index (χ4v) is 2.49. The van der Waals surface area contributed by atoms with Crippen molar-refractivity contribution >= 4 is 15.9 Å². The van der Waals surface area contributed by atoms with Crippen molar-refractivity contribution < 1.29 is 0 Å². The van der Waals surface area contributed by atoms with Crippen LogP contribution < -0.4 is 0 Å². The Morgan fingerprint density at radius 1 is 1.38 bits per heavy atom. The summed E-state index contributed by atoms with van der Waals surface area (Å²) in [6.07, 6.45) is 6.21. The van der Waals surface area contributed by atoms with Crippen LogP contribution in [0.15, 0.2) is 24.5 Å². The minimum Gasteiger partial charge on any atom is -0.295 e. The van der Waals surface area contributed by atoms with Gasteiger partial charge in [-0.2, -0.15) is 0 Å². The molecule has 0 aromatic carbocycles. The third-order valence-electron chi connectivity index (χ3n) is 2.94. The van der Waals surface area contributed by atoms with Gasteiger partial charge in [-0.25, -0.2) is 0 Å². The Hall–Kier alpha value is -0.410. The number of alkyl halides is 1. The van der Waals surface area contributed by atoms with E-state index in [1.54, 1.807) is 0 Å². The molecule has 0 aliphatic carbocycles. The van der Waals surface area contributed by atoms with Crippen molar-refractivity contribution in [2.45, 2.75) is 39.3 Å². The number of rotatable bonds is 7. The van der Waals surface area contributed by atoms with Crippen LogP contribution in [0.5, 0.6) is 0 Å². The molecule has 1 heterocycles. The van der Waals surface area contributed by atoms with Crippen LogP contribution in [-0.2, 0) is 6.54 Å². The van der Waals surface area contributed by atoms with Crippen molar-refractivity contribution in [1.82, 2.24) is 9.88 Å². The summed E-state index contributed by atoms with van der Waals surface area (Å²) >= 11 is 3.53. The van der Waals surface area contributed by atoms with Crippen LogP contribution in [0, 0.1) is 0 Å². The molecule has 16 heavy (non-hydrogen) atoms. The van der Waals surface area contributed by atoms with Crippen LogP contribution in [0.3, 0.4) is 0 Å². The first kappa shape index (κ1) is 13.7. The van der Waals surface area contributed by atoms with E-state index in [-0.39, 0.29) is 0 Å². The third-order valence-corrected chi connectivity index (χ3v) is 3.29. The maximum absolute atomic E-state index is 4.17. The van der Waals surface area contributed by atoms with Gasteiger partial charge < -0.3 is 0 Å². The summed E-state index contributed by atoms with van der Waals surface area (Å²) < 4.78 is 0. The van der Waals surface area contributed by atoms with Crippen molar-refractivity contribution in [1.29, 1.82) is 0 Å². The van der Waals surface area contributed by atoms with Crippen molar-refractivity contribution in [3.63, 3.8) is 0 Å². The molecule has 1 aromatic rings. The van der Waals surface area contributed by atoms with Gasteiger partial charge >= 0.3 is 0 Å². The van der Waals surface area contributed by atoms with Crippen molar-refractivity contribution in [2.24, 2.45) is 0 Å². The summed E-state index contributed by atoms with van der Waals surface area (Å²) in [4.78, 5) is 6.70. The SMILES string of the molecule is CCC(CC)N(CCBr)Cc1cccnc1. The molecule has 0 amide bonds. The molecule has 0 saturated heterocycles. The number of hydrogen-bond donors (Lipinski definition) is 0. The molecule has 0 aliphatic heterocycles. The molecule has 1 rings (SSSR count). The lowest BCUT2D eigenvalue weighted by atomic mass is 10.1. The van der Waals surface area contributed by atoms with Crippen molar-refractivity contribution in [3.8, 4) is 0 Å². The first-order chi connectivity index (χ1) is 7.81. The van der Waals surface area contributed by atoms with E-state index < -0.39 is 0 Å². The highest BCUT2D eigenvalue weighted by molar-refractivity contribution is 9.09. The van der Waals surface area contributed by atoms with Gasteiger partial charge in [-0.3, -0.25) is 9.88 Å². The lowest BCUT2D eigenvalue weighted by Crippen LogP contribution is -2.35. The average molecular weight is 285 g/mol. The Bertz CT molecular complexity index is 273. The highest BCUT2D eigenvalue weighted by Gasteiger charge is 2.14. The van der Waals surface area contributed by atoms with Crippen LogP contribution in [0.4, 0.5) is 0 Å². The molecule has 1 aromatic heterocycles. The van der Waals surface area contributed by atoms with E-state index in [9.17, 15) is 0 Å². The van der Waals surface area contributed by atoms with E-state index in [1.165, 1.54) is 18.4 Å². The second-order valence-electron chi connectivity index (χ2n) is 3.99. The molecule has 0 spiro atoms. The van der Waals surface area contributed by atoms with Crippen molar-refractivity contribution in [2.75, 3.05) is 11.9 Å². The number of hydrogen-bond acceptors (Lipinski definition) is 2. The first-order valence-electron chi connectivity index (χ1n) is 6.00.